The summed E-state index contributed by atoms with van der Waals surface area (Å²) in [5, 5.41) is 0. The van der Waals surface area contributed by atoms with E-state index in [9.17, 15) is 0 Å². The van der Waals surface area contributed by atoms with E-state index in [-0.39, 0.29) is 7.25 Å². The number of hydrogen-bond acceptors (Lipinski definition) is 0. The molecule has 4 aromatic rings. The van der Waals surface area contributed by atoms with E-state index in [1.165, 1.54) is 58.9 Å². The summed E-state index contributed by atoms with van der Waals surface area (Å²) in [6.45, 7) is 8.94. The number of hydrogen-bond donors (Lipinski definition) is 0. The standard InChI is InChI=1S/2C17H15.C3H6.2ClH.Zr/c2*1-2-13-11-15-9-6-10-16(17(15)12-13)14-7-4-3-5-8-14;1-3-2;;;/h2*3-12H,2H2,1H3;1-2H3;2*1H;/q;;;;;+2/p-2. The number of rotatable bonds is 6. The van der Waals surface area contributed by atoms with E-state index in [1.807, 2.05) is 0 Å². The molecular weight excluding hydrogens is 607 g/mol. The molecule has 0 nitrogen and oxygen atoms in total. The average molecular weight is 643 g/mol. The Morgan fingerprint density at radius 3 is 1.32 bits per heavy atom. The molecule has 0 heterocycles. The molecule has 3 heteroatoms. The summed E-state index contributed by atoms with van der Waals surface area (Å²) in [7, 11) is 16.8. The molecule has 2 aliphatic rings. The van der Waals surface area contributed by atoms with Crippen LogP contribution in [0.3, 0.4) is 0 Å². The van der Waals surface area contributed by atoms with Crippen LogP contribution in [0, 0.1) is 0 Å². The van der Waals surface area contributed by atoms with Crippen LogP contribution < -0.4 is 0 Å². The van der Waals surface area contributed by atoms with Crippen molar-refractivity contribution >= 4 is 32.4 Å². The molecule has 2 aliphatic carbocycles. The summed E-state index contributed by atoms with van der Waals surface area (Å²) in [4.78, 5) is 0. The Balaban J connectivity index is 1.61. The SMILES string of the molecule is CCC1=Cc2c(-c3ccccc3)cccc2[CH]1[Zr]([Cl])([Cl])(=[C](C)C)[CH]1C(CC)=Cc2c(-c3ccccc3)cccc21. The quantitative estimate of drug-likeness (QED) is 0.196. The second-order valence-electron chi connectivity index (χ2n) is 11.5. The van der Waals surface area contributed by atoms with Crippen LogP contribution in [0.4, 0.5) is 0 Å². The van der Waals surface area contributed by atoms with E-state index >= 15 is 0 Å². The van der Waals surface area contributed by atoms with Gasteiger partial charge in [0.2, 0.25) is 0 Å². The van der Waals surface area contributed by atoms with Crippen LogP contribution in [0.1, 0.15) is 70.0 Å². The number of benzene rings is 4. The van der Waals surface area contributed by atoms with E-state index in [4.69, 9.17) is 17.0 Å². The zero-order valence-electron chi connectivity index (χ0n) is 23.7. The minimum atomic E-state index is -4.92. The molecule has 2 unspecified atom stereocenters. The van der Waals surface area contributed by atoms with Crippen molar-refractivity contribution in [1.29, 1.82) is 0 Å². The molecule has 0 amide bonds. The molecule has 0 saturated carbocycles. The molecule has 0 saturated heterocycles. The van der Waals surface area contributed by atoms with Crippen LogP contribution in [-0.2, 0) is 15.9 Å². The Morgan fingerprint density at radius 1 is 0.575 bits per heavy atom. The first kappa shape index (κ1) is 27.8. The van der Waals surface area contributed by atoms with Crippen molar-refractivity contribution in [3.05, 3.63) is 130 Å². The van der Waals surface area contributed by atoms with Gasteiger partial charge in [-0.3, -0.25) is 0 Å². The third kappa shape index (κ3) is 4.15. The third-order valence-corrected chi connectivity index (χ3v) is 32.2. The van der Waals surface area contributed by atoms with Gasteiger partial charge in [-0.15, -0.1) is 0 Å². The molecule has 0 aliphatic heterocycles. The molecule has 0 fully saturated rings. The molecular formula is C37H36Cl2Zr. The summed E-state index contributed by atoms with van der Waals surface area (Å²) in [5.41, 5.74) is 12.9. The zero-order chi connectivity index (χ0) is 28.1. The Hall–Kier alpha value is -2.31. The molecule has 0 N–H and O–H groups in total. The molecule has 0 radical (unpaired) electrons. The van der Waals surface area contributed by atoms with Crippen LogP contribution >= 0.6 is 17.0 Å². The van der Waals surface area contributed by atoms with Crippen molar-refractivity contribution in [1.82, 2.24) is 0 Å². The first-order valence-electron chi connectivity index (χ1n) is 14.4. The summed E-state index contributed by atoms with van der Waals surface area (Å²) in [6, 6.07) is 34.8. The fourth-order valence-electron chi connectivity index (χ4n) is 7.27. The van der Waals surface area contributed by atoms with Gasteiger partial charge in [0.05, 0.1) is 0 Å². The number of fused-ring (bicyclic) bond motifs is 2. The third-order valence-electron chi connectivity index (χ3n) is 9.30. The number of halogens is 2. The van der Waals surface area contributed by atoms with Gasteiger partial charge in [-0.25, -0.2) is 0 Å². The first-order valence-corrected chi connectivity index (χ1v) is 24.8. The van der Waals surface area contributed by atoms with Crippen molar-refractivity contribution < 1.29 is 15.9 Å². The molecule has 2 atom stereocenters. The van der Waals surface area contributed by atoms with Crippen molar-refractivity contribution in [2.75, 3.05) is 0 Å². The Kier molecular flexibility index (Phi) is 7.32. The Bertz CT molecular complexity index is 1610. The van der Waals surface area contributed by atoms with Crippen LogP contribution in [0.25, 0.3) is 34.4 Å². The molecule has 40 heavy (non-hydrogen) atoms. The van der Waals surface area contributed by atoms with E-state index in [2.05, 4.69) is 137 Å². The van der Waals surface area contributed by atoms with Gasteiger partial charge in [-0.2, -0.15) is 0 Å². The van der Waals surface area contributed by atoms with E-state index in [0.29, 0.717) is 0 Å². The maximum absolute atomic E-state index is 8.40. The van der Waals surface area contributed by atoms with Gasteiger partial charge >= 0.3 is 249 Å². The predicted octanol–water partition coefficient (Wildman–Crippen LogP) is 11.6. The van der Waals surface area contributed by atoms with Gasteiger partial charge in [-0.05, 0) is 0 Å². The average Bonchev–Trinajstić information content (AvgIpc) is 3.57. The van der Waals surface area contributed by atoms with Crippen LogP contribution in [0.15, 0.2) is 108 Å². The van der Waals surface area contributed by atoms with Crippen molar-refractivity contribution in [2.45, 2.75) is 47.8 Å². The second-order valence-corrected chi connectivity index (χ2v) is 33.3. The van der Waals surface area contributed by atoms with E-state index in [1.54, 1.807) is 0 Å². The van der Waals surface area contributed by atoms with Crippen molar-refractivity contribution in [3.63, 3.8) is 0 Å². The maximum atomic E-state index is 8.40. The van der Waals surface area contributed by atoms with Crippen molar-refractivity contribution in [2.24, 2.45) is 0 Å². The topological polar surface area (TPSA) is 0 Å². The fraction of sp³-hybridized carbons (Fsp3) is 0.216. The summed E-state index contributed by atoms with van der Waals surface area (Å²) in [6.07, 6.45) is 6.68. The molecule has 6 rings (SSSR count). The molecule has 0 aromatic heterocycles. The predicted molar refractivity (Wildman–Crippen MR) is 174 cm³/mol. The van der Waals surface area contributed by atoms with Gasteiger partial charge < -0.3 is 0 Å². The molecule has 4 aromatic carbocycles. The molecule has 0 spiro atoms. The normalized spacial score (nSPS) is 18.2. The van der Waals surface area contributed by atoms with Gasteiger partial charge in [0, 0.05) is 0 Å². The molecule has 202 valence electrons. The van der Waals surface area contributed by atoms with Crippen LogP contribution in [0.5, 0.6) is 0 Å². The van der Waals surface area contributed by atoms with Gasteiger partial charge in [0.15, 0.2) is 0 Å². The monoisotopic (exact) mass is 640 g/mol. The van der Waals surface area contributed by atoms with Crippen LogP contribution in [-0.4, -0.2) is 3.21 Å². The fourth-order valence-corrected chi connectivity index (χ4v) is 25.8. The van der Waals surface area contributed by atoms with Gasteiger partial charge in [-0.1, -0.05) is 0 Å². The van der Waals surface area contributed by atoms with Gasteiger partial charge in [0.25, 0.3) is 0 Å². The Labute approximate surface area is 247 Å². The van der Waals surface area contributed by atoms with E-state index < -0.39 is 15.9 Å². The Morgan fingerprint density at radius 2 is 0.975 bits per heavy atom. The molecule has 0 bridgehead atoms. The van der Waals surface area contributed by atoms with Gasteiger partial charge in [0.1, 0.15) is 0 Å². The number of allylic oxidation sites excluding steroid dienone is 2. The van der Waals surface area contributed by atoms with Crippen molar-refractivity contribution in [3.8, 4) is 22.3 Å². The summed E-state index contributed by atoms with van der Waals surface area (Å²) >= 11 is -4.92. The second kappa shape index (κ2) is 10.5. The zero-order valence-corrected chi connectivity index (χ0v) is 27.7. The summed E-state index contributed by atoms with van der Waals surface area (Å²) in [5.74, 6) is 0. The summed E-state index contributed by atoms with van der Waals surface area (Å²) < 4.78 is 1.30. The van der Waals surface area contributed by atoms with E-state index in [0.717, 1.165) is 12.8 Å². The minimum absolute atomic E-state index is 0.0321. The van der Waals surface area contributed by atoms with Crippen LogP contribution in [0.2, 0.25) is 0 Å². The first-order chi connectivity index (χ1) is 19.3.